The molecule has 0 radical (unpaired) electrons. The largest absolute Gasteiger partial charge is 0.481 e. The summed E-state index contributed by atoms with van der Waals surface area (Å²) < 4.78 is 25.7. The highest BCUT2D eigenvalue weighted by molar-refractivity contribution is 5.68. The number of aromatic amines is 1. The minimum absolute atomic E-state index is 0.370. The smallest absolute Gasteiger partial charge is 0.309 e. The van der Waals surface area contributed by atoms with Gasteiger partial charge < -0.3 is 10.1 Å². The van der Waals surface area contributed by atoms with E-state index in [2.05, 4.69) is 4.98 Å². The lowest BCUT2D eigenvalue weighted by Gasteiger charge is -2.11. The second-order valence-electron chi connectivity index (χ2n) is 2.36. The lowest BCUT2D eigenvalue weighted by molar-refractivity contribution is -0.145. The summed E-state index contributed by atoms with van der Waals surface area (Å²) in [6, 6.07) is 2.55. The quantitative estimate of drug-likeness (QED) is 0.732. The molecule has 0 spiro atoms. The van der Waals surface area contributed by atoms with Crippen LogP contribution < -0.4 is 0 Å². The lowest BCUT2D eigenvalue weighted by Crippen LogP contribution is -2.18. The van der Waals surface area contributed by atoms with Crippen LogP contribution >= 0.6 is 0 Å². The number of carboxylic acid groups (broad SMARTS) is 1. The fourth-order valence-electron chi connectivity index (χ4n) is 0.843. The van der Waals surface area contributed by atoms with Crippen molar-refractivity contribution in [1.82, 2.24) is 4.98 Å². The van der Waals surface area contributed by atoms with Gasteiger partial charge in [0.25, 0.3) is 5.92 Å². The Morgan fingerprint density at radius 2 is 2.33 bits per heavy atom. The zero-order chi connectivity index (χ0) is 9.19. The van der Waals surface area contributed by atoms with E-state index in [1.165, 1.54) is 12.3 Å². The maximum absolute atomic E-state index is 12.8. The molecule has 5 heteroatoms. The Hall–Kier alpha value is -1.39. The Morgan fingerprint density at radius 1 is 1.67 bits per heavy atom. The van der Waals surface area contributed by atoms with Crippen LogP contribution in [0.15, 0.2) is 18.3 Å². The first kappa shape index (κ1) is 8.70. The van der Waals surface area contributed by atoms with Gasteiger partial charge in [0, 0.05) is 6.20 Å². The molecule has 0 saturated carbocycles. The van der Waals surface area contributed by atoms with Crippen LogP contribution in [0.3, 0.4) is 0 Å². The summed E-state index contributed by atoms with van der Waals surface area (Å²) in [6.45, 7) is 0. The number of halogens is 2. The van der Waals surface area contributed by atoms with Crippen LogP contribution in [-0.4, -0.2) is 16.1 Å². The van der Waals surface area contributed by atoms with E-state index in [9.17, 15) is 13.6 Å². The van der Waals surface area contributed by atoms with E-state index in [0.29, 0.717) is 0 Å². The molecule has 0 unspecified atom stereocenters. The predicted molar refractivity (Wildman–Crippen MR) is 36.9 cm³/mol. The van der Waals surface area contributed by atoms with Gasteiger partial charge in [-0.25, -0.2) is 0 Å². The first-order chi connectivity index (χ1) is 5.52. The van der Waals surface area contributed by atoms with Crippen molar-refractivity contribution in [3.8, 4) is 0 Å². The summed E-state index contributed by atoms with van der Waals surface area (Å²) in [5.41, 5.74) is -0.370. The number of hydrogen-bond donors (Lipinski definition) is 2. The molecule has 0 fully saturated rings. The van der Waals surface area contributed by atoms with Gasteiger partial charge >= 0.3 is 5.97 Å². The highest BCUT2D eigenvalue weighted by Gasteiger charge is 2.35. The second kappa shape index (κ2) is 2.92. The molecule has 0 aliphatic rings. The van der Waals surface area contributed by atoms with Crippen molar-refractivity contribution in [1.29, 1.82) is 0 Å². The summed E-state index contributed by atoms with van der Waals surface area (Å²) >= 11 is 0. The minimum atomic E-state index is -3.31. The Bertz CT molecular complexity index is 269. The summed E-state index contributed by atoms with van der Waals surface area (Å²) in [5.74, 6) is -4.83. The minimum Gasteiger partial charge on any atom is -0.481 e. The summed E-state index contributed by atoms with van der Waals surface area (Å²) in [7, 11) is 0. The molecule has 1 aromatic rings. The number of H-pyrrole nitrogens is 1. The van der Waals surface area contributed by atoms with Crippen LogP contribution in [0, 0.1) is 0 Å². The maximum Gasteiger partial charge on any atom is 0.309 e. The van der Waals surface area contributed by atoms with E-state index in [1.54, 1.807) is 0 Å². The Labute approximate surface area is 67.0 Å². The first-order valence-electron chi connectivity index (χ1n) is 3.26. The number of aliphatic carboxylic acids is 1. The third kappa shape index (κ3) is 1.81. The van der Waals surface area contributed by atoms with Crippen LogP contribution in [0.1, 0.15) is 12.1 Å². The number of carbonyl (C=O) groups is 1. The summed E-state index contributed by atoms with van der Waals surface area (Å²) in [4.78, 5) is 12.3. The molecule has 0 saturated heterocycles. The number of rotatable bonds is 3. The number of nitrogens with one attached hydrogen (secondary N) is 1. The van der Waals surface area contributed by atoms with Crippen molar-refractivity contribution in [3.63, 3.8) is 0 Å². The second-order valence-corrected chi connectivity index (χ2v) is 2.36. The number of carboxylic acids is 1. The summed E-state index contributed by atoms with van der Waals surface area (Å²) in [5, 5.41) is 8.15. The van der Waals surface area contributed by atoms with Gasteiger partial charge in [0.05, 0.1) is 5.69 Å². The van der Waals surface area contributed by atoms with E-state index >= 15 is 0 Å². The molecular formula is C7H7F2NO2. The van der Waals surface area contributed by atoms with Crippen molar-refractivity contribution >= 4 is 5.97 Å². The van der Waals surface area contributed by atoms with Gasteiger partial charge in [-0.2, -0.15) is 8.78 Å². The molecule has 1 aromatic heterocycles. The third-order valence-corrected chi connectivity index (χ3v) is 1.37. The highest BCUT2D eigenvalue weighted by Crippen LogP contribution is 2.29. The molecule has 1 rings (SSSR count). The van der Waals surface area contributed by atoms with Crippen LogP contribution in [0.25, 0.3) is 0 Å². The predicted octanol–water partition coefficient (Wildman–Crippen LogP) is 1.58. The molecule has 66 valence electrons. The molecule has 0 aliphatic heterocycles. The molecular weight excluding hydrogens is 168 g/mol. The van der Waals surface area contributed by atoms with Crippen LogP contribution in [0.2, 0.25) is 0 Å². The number of alkyl halides is 2. The van der Waals surface area contributed by atoms with Crippen LogP contribution in [-0.2, 0) is 10.7 Å². The number of aromatic nitrogens is 1. The van der Waals surface area contributed by atoms with Crippen LogP contribution in [0.4, 0.5) is 8.78 Å². The van der Waals surface area contributed by atoms with Gasteiger partial charge in [0.1, 0.15) is 6.42 Å². The molecule has 0 bridgehead atoms. The SMILES string of the molecule is O=C(O)CC(F)(F)c1ccc[nH]1. The van der Waals surface area contributed by atoms with Crippen molar-refractivity contribution in [2.24, 2.45) is 0 Å². The highest BCUT2D eigenvalue weighted by atomic mass is 19.3. The topological polar surface area (TPSA) is 53.1 Å². The molecule has 0 aromatic carbocycles. The molecule has 0 aliphatic carbocycles. The van der Waals surface area contributed by atoms with Crippen molar-refractivity contribution < 1.29 is 18.7 Å². The fourth-order valence-corrected chi connectivity index (χ4v) is 0.843. The zero-order valence-electron chi connectivity index (χ0n) is 6.05. The van der Waals surface area contributed by atoms with Crippen LogP contribution in [0.5, 0.6) is 0 Å². The Kier molecular flexibility index (Phi) is 2.12. The Balaban J connectivity index is 2.79. The van der Waals surface area contributed by atoms with E-state index in [1.807, 2.05) is 0 Å². The summed E-state index contributed by atoms with van der Waals surface area (Å²) in [6.07, 6.45) is 0.138. The van der Waals surface area contributed by atoms with E-state index in [4.69, 9.17) is 5.11 Å². The first-order valence-corrected chi connectivity index (χ1v) is 3.26. The van der Waals surface area contributed by atoms with Gasteiger partial charge in [-0.15, -0.1) is 0 Å². The monoisotopic (exact) mass is 175 g/mol. The number of hydrogen-bond acceptors (Lipinski definition) is 1. The van der Waals surface area contributed by atoms with Gasteiger partial charge in [-0.05, 0) is 12.1 Å². The van der Waals surface area contributed by atoms with E-state index < -0.39 is 18.3 Å². The Morgan fingerprint density at radius 3 is 2.75 bits per heavy atom. The van der Waals surface area contributed by atoms with E-state index in [0.717, 1.165) is 6.07 Å². The van der Waals surface area contributed by atoms with Crippen molar-refractivity contribution in [2.75, 3.05) is 0 Å². The zero-order valence-corrected chi connectivity index (χ0v) is 6.05. The molecule has 0 atom stereocenters. The maximum atomic E-state index is 12.8. The normalized spacial score (nSPS) is 11.5. The van der Waals surface area contributed by atoms with E-state index in [-0.39, 0.29) is 5.69 Å². The van der Waals surface area contributed by atoms with Gasteiger partial charge in [0.2, 0.25) is 0 Å². The molecule has 0 amide bonds. The molecule has 3 nitrogen and oxygen atoms in total. The van der Waals surface area contributed by atoms with Crippen molar-refractivity contribution in [2.45, 2.75) is 12.3 Å². The fraction of sp³-hybridized carbons (Fsp3) is 0.286. The van der Waals surface area contributed by atoms with Gasteiger partial charge in [-0.1, -0.05) is 0 Å². The van der Waals surface area contributed by atoms with Crippen molar-refractivity contribution in [3.05, 3.63) is 24.0 Å². The lowest BCUT2D eigenvalue weighted by atomic mass is 10.2. The molecule has 12 heavy (non-hydrogen) atoms. The van der Waals surface area contributed by atoms with Gasteiger partial charge in [-0.3, -0.25) is 4.79 Å². The van der Waals surface area contributed by atoms with Gasteiger partial charge in [0.15, 0.2) is 0 Å². The molecule has 1 heterocycles. The third-order valence-electron chi connectivity index (χ3n) is 1.37. The molecule has 2 N–H and O–H groups in total. The average molecular weight is 175 g/mol. The average Bonchev–Trinajstić information content (AvgIpc) is 2.32. The standard InChI is InChI=1S/C7H7F2NO2/c8-7(9,4-6(11)12)5-2-1-3-10-5/h1-3,10H,4H2,(H,11,12).